The standard InChI is InChI=1S/2C9H13BO2/c2*1-7(2)8-3-5-9(6-4-8)10(11)12/h2*3-7,11-12H,1-2H3. The molecule has 0 amide bonds. The van der Waals surface area contributed by atoms with Gasteiger partial charge in [0.1, 0.15) is 0 Å². The van der Waals surface area contributed by atoms with Gasteiger partial charge < -0.3 is 20.1 Å². The molecule has 0 heterocycles. The molecule has 0 aliphatic rings. The lowest BCUT2D eigenvalue weighted by atomic mass is 9.79. The van der Waals surface area contributed by atoms with Gasteiger partial charge in [-0.3, -0.25) is 0 Å². The van der Waals surface area contributed by atoms with Gasteiger partial charge in [-0.25, -0.2) is 0 Å². The summed E-state index contributed by atoms with van der Waals surface area (Å²) >= 11 is 0. The molecule has 0 aliphatic heterocycles. The highest BCUT2D eigenvalue weighted by molar-refractivity contribution is 6.58. The van der Waals surface area contributed by atoms with Crippen molar-refractivity contribution >= 4 is 25.2 Å². The summed E-state index contributed by atoms with van der Waals surface area (Å²) in [5.74, 6) is 0.963. The molecule has 128 valence electrons. The van der Waals surface area contributed by atoms with Crippen molar-refractivity contribution in [3.63, 3.8) is 0 Å². The molecular formula is C18H26B2O4. The van der Waals surface area contributed by atoms with Crippen LogP contribution in [0.1, 0.15) is 50.7 Å². The Morgan fingerprint density at radius 2 is 0.792 bits per heavy atom. The van der Waals surface area contributed by atoms with Crippen molar-refractivity contribution in [3.8, 4) is 0 Å². The van der Waals surface area contributed by atoms with E-state index in [2.05, 4.69) is 27.7 Å². The van der Waals surface area contributed by atoms with Crippen LogP contribution in [0.5, 0.6) is 0 Å². The molecule has 0 aliphatic carbocycles. The minimum Gasteiger partial charge on any atom is -0.423 e. The number of hydrogen-bond donors (Lipinski definition) is 4. The largest absolute Gasteiger partial charge is 0.488 e. The van der Waals surface area contributed by atoms with Crippen molar-refractivity contribution < 1.29 is 20.1 Å². The number of rotatable bonds is 4. The molecule has 0 spiro atoms. The van der Waals surface area contributed by atoms with E-state index < -0.39 is 14.2 Å². The SMILES string of the molecule is CC(C)c1ccc(B(O)O)cc1.CC(C)c1ccc(B(O)O)cc1. The van der Waals surface area contributed by atoms with Crippen molar-refractivity contribution in [1.82, 2.24) is 0 Å². The molecule has 2 rings (SSSR count). The lowest BCUT2D eigenvalue weighted by Crippen LogP contribution is -2.29. The minimum absolute atomic E-state index is 0.481. The Morgan fingerprint density at radius 1 is 0.542 bits per heavy atom. The zero-order chi connectivity index (χ0) is 18.3. The third kappa shape index (κ3) is 6.49. The first-order chi connectivity index (χ1) is 11.2. The predicted molar refractivity (Wildman–Crippen MR) is 101 cm³/mol. The summed E-state index contributed by atoms with van der Waals surface area (Å²) in [4.78, 5) is 0. The van der Waals surface area contributed by atoms with Crippen LogP contribution in [0.25, 0.3) is 0 Å². The number of hydrogen-bond acceptors (Lipinski definition) is 4. The van der Waals surface area contributed by atoms with Gasteiger partial charge in [0.05, 0.1) is 0 Å². The normalized spacial score (nSPS) is 10.4. The summed E-state index contributed by atoms with van der Waals surface area (Å²) in [6.45, 7) is 8.41. The molecule has 6 heteroatoms. The molecule has 24 heavy (non-hydrogen) atoms. The fraction of sp³-hybridized carbons (Fsp3) is 0.333. The average molecular weight is 328 g/mol. The molecular weight excluding hydrogens is 302 g/mol. The zero-order valence-electron chi connectivity index (χ0n) is 14.7. The second kappa shape index (κ2) is 9.64. The van der Waals surface area contributed by atoms with Crippen molar-refractivity contribution in [1.29, 1.82) is 0 Å². The maximum absolute atomic E-state index is 8.81. The van der Waals surface area contributed by atoms with Crippen LogP contribution >= 0.6 is 0 Å². The third-order valence-electron chi connectivity index (χ3n) is 3.80. The van der Waals surface area contributed by atoms with Crippen LogP contribution in [0.15, 0.2) is 48.5 Å². The molecule has 0 fully saturated rings. The summed E-state index contributed by atoms with van der Waals surface area (Å²) < 4.78 is 0. The first kappa shape index (κ1) is 20.5. The van der Waals surface area contributed by atoms with Crippen LogP contribution in [0.3, 0.4) is 0 Å². The molecule has 0 unspecified atom stereocenters. The van der Waals surface area contributed by atoms with Gasteiger partial charge in [0.25, 0.3) is 0 Å². The van der Waals surface area contributed by atoms with E-state index in [-0.39, 0.29) is 0 Å². The van der Waals surface area contributed by atoms with E-state index in [1.807, 2.05) is 24.3 Å². The van der Waals surface area contributed by atoms with Crippen LogP contribution < -0.4 is 10.9 Å². The van der Waals surface area contributed by atoms with E-state index in [4.69, 9.17) is 20.1 Å². The van der Waals surface area contributed by atoms with Crippen molar-refractivity contribution in [2.75, 3.05) is 0 Å². The van der Waals surface area contributed by atoms with Crippen LogP contribution in [-0.2, 0) is 0 Å². The average Bonchev–Trinajstić information content (AvgIpc) is 2.55. The Morgan fingerprint density at radius 3 is 0.958 bits per heavy atom. The molecule has 4 N–H and O–H groups in total. The monoisotopic (exact) mass is 328 g/mol. The lowest BCUT2D eigenvalue weighted by Gasteiger charge is -2.05. The van der Waals surface area contributed by atoms with Crippen LogP contribution in [0.2, 0.25) is 0 Å². The lowest BCUT2D eigenvalue weighted by molar-refractivity contribution is 0.424. The second-order valence-corrected chi connectivity index (χ2v) is 6.39. The second-order valence-electron chi connectivity index (χ2n) is 6.39. The first-order valence-electron chi connectivity index (χ1n) is 8.14. The summed E-state index contributed by atoms with van der Waals surface area (Å²) in [6, 6.07) is 14.6. The third-order valence-corrected chi connectivity index (χ3v) is 3.80. The van der Waals surface area contributed by atoms with Gasteiger partial charge in [-0.1, -0.05) is 76.2 Å². The Bertz CT molecular complexity index is 484. The van der Waals surface area contributed by atoms with E-state index in [9.17, 15) is 0 Å². The molecule has 0 saturated carbocycles. The van der Waals surface area contributed by atoms with Crippen LogP contribution in [-0.4, -0.2) is 34.3 Å². The van der Waals surface area contributed by atoms with E-state index in [1.54, 1.807) is 24.3 Å². The Labute approximate surface area is 145 Å². The minimum atomic E-state index is -1.36. The fourth-order valence-corrected chi connectivity index (χ4v) is 2.11. The van der Waals surface area contributed by atoms with Gasteiger partial charge in [-0.05, 0) is 33.9 Å². The maximum Gasteiger partial charge on any atom is 0.488 e. The molecule has 0 bridgehead atoms. The van der Waals surface area contributed by atoms with E-state index >= 15 is 0 Å². The molecule has 0 saturated heterocycles. The highest BCUT2D eigenvalue weighted by Crippen LogP contribution is 2.12. The summed E-state index contributed by atoms with van der Waals surface area (Å²) in [7, 11) is -2.71. The van der Waals surface area contributed by atoms with Crippen molar-refractivity contribution in [3.05, 3.63) is 59.7 Å². The van der Waals surface area contributed by atoms with E-state index in [1.165, 1.54) is 11.1 Å². The van der Waals surface area contributed by atoms with Crippen LogP contribution in [0, 0.1) is 0 Å². The van der Waals surface area contributed by atoms with Gasteiger partial charge in [-0.2, -0.15) is 0 Å². The van der Waals surface area contributed by atoms with Crippen LogP contribution in [0.4, 0.5) is 0 Å². The molecule has 4 nitrogen and oxygen atoms in total. The highest BCUT2D eigenvalue weighted by Gasteiger charge is 2.10. The fourth-order valence-electron chi connectivity index (χ4n) is 2.11. The Kier molecular flexibility index (Phi) is 8.22. The quantitative estimate of drug-likeness (QED) is 0.631. The predicted octanol–water partition coefficient (Wildman–Crippen LogP) is 0.980. The Balaban J connectivity index is 0.000000240. The number of benzene rings is 2. The smallest absolute Gasteiger partial charge is 0.423 e. The zero-order valence-corrected chi connectivity index (χ0v) is 14.7. The highest BCUT2D eigenvalue weighted by atomic mass is 16.4. The first-order valence-corrected chi connectivity index (χ1v) is 8.14. The van der Waals surface area contributed by atoms with Crippen molar-refractivity contribution in [2.45, 2.75) is 39.5 Å². The van der Waals surface area contributed by atoms with Gasteiger partial charge in [-0.15, -0.1) is 0 Å². The van der Waals surface area contributed by atoms with E-state index in [0.717, 1.165) is 0 Å². The van der Waals surface area contributed by atoms with Gasteiger partial charge in [0.15, 0.2) is 0 Å². The van der Waals surface area contributed by atoms with Gasteiger partial charge in [0.2, 0.25) is 0 Å². The summed E-state index contributed by atoms with van der Waals surface area (Å²) in [5, 5.41) is 35.2. The molecule has 0 aromatic heterocycles. The maximum atomic E-state index is 8.81. The molecule has 2 aromatic rings. The van der Waals surface area contributed by atoms with Crippen molar-refractivity contribution in [2.24, 2.45) is 0 Å². The van der Waals surface area contributed by atoms with E-state index in [0.29, 0.717) is 22.8 Å². The molecule has 0 radical (unpaired) electrons. The topological polar surface area (TPSA) is 80.9 Å². The Hall–Kier alpha value is -1.59. The summed E-state index contributed by atoms with van der Waals surface area (Å²) in [6.07, 6.45) is 0. The molecule has 0 atom stereocenters. The molecule has 2 aromatic carbocycles. The van der Waals surface area contributed by atoms with Gasteiger partial charge in [0, 0.05) is 0 Å². The van der Waals surface area contributed by atoms with Gasteiger partial charge >= 0.3 is 14.2 Å². The summed E-state index contributed by atoms with van der Waals surface area (Å²) in [5.41, 5.74) is 3.50.